The van der Waals surface area contributed by atoms with Crippen molar-refractivity contribution in [3.8, 4) is 24.7 Å². The van der Waals surface area contributed by atoms with Crippen LogP contribution in [0.3, 0.4) is 0 Å². The summed E-state index contributed by atoms with van der Waals surface area (Å²) in [5.74, 6) is 4.08. The minimum atomic E-state index is -1.17. The monoisotopic (exact) mass is 400 g/mol. The zero-order valence-electron chi connectivity index (χ0n) is 17.2. The maximum Gasteiger partial charge on any atom is 0.259 e. The summed E-state index contributed by atoms with van der Waals surface area (Å²) in [5, 5.41) is 2.35. The summed E-state index contributed by atoms with van der Waals surface area (Å²) < 4.78 is 6.26. The second-order valence-electron chi connectivity index (χ2n) is 8.00. The molecule has 0 aliphatic heterocycles. The third-order valence-corrected chi connectivity index (χ3v) is 6.32. The average Bonchev–Trinajstić information content (AvgIpc) is 2.75. The number of hydrogen-bond acceptors (Lipinski definition) is 4. The van der Waals surface area contributed by atoms with E-state index in [1.165, 1.54) is 4.90 Å². The molecule has 0 spiro atoms. The number of ether oxygens (including phenoxy) is 1. The zero-order valence-corrected chi connectivity index (χ0v) is 17.2. The summed E-state index contributed by atoms with van der Waals surface area (Å²) in [6.07, 6.45) is 20.9. The highest BCUT2D eigenvalue weighted by Crippen LogP contribution is 2.45. The molecule has 0 aromatic carbocycles. The molecule has 0 bridgehead atoms. The first kappa shape index (κ1) is 23.0. The summed E-state index contributed by atoms with van der Waals surface area (Å²) in [6, 6.07) is 0. The van der Waals surface area contributed by atoms with Crippen LogP contribution in [-0.4, -0.2) is 48.4 Å². The molecule has 158 valence electrons. The lowest BCUT2D eigenvalue weighted by molar-refractivity contribution is -0.179. The lowest BCUT2D eigenvalue weighted by Gasteiger charge is -2.47. The van der Waals surface area contributed by atoms with Crippen molar-refractivity contribution in [1.82, 2.24) is 10.2 Å². The SMILES string of the molecule is C#CCN(CC#C)C(=O)COC(C(=O)NC=O)(C1CCCCC1)C1CCCCC1. The van der Waals surface area contributed by atoms with Crippen LogP contribution in [0, 0.1) is 36.5 Å². The van der Waals surface area contributed by atoms with Crippen molar-refractivity contribution >= 4 is 18.2 Å². The van der Waals surface area contributed by atoms with Crippen molar-refractivity contribution in [2.24, 2.45) is 11.8 Å². The van der Waals surface area contributed by atoms with Gasteiger partial charge >= 0.3 is 0 Å². The van der Waals surface area contributed by atoms with Gasteiger partial charge in [-0.2, -0.15) is 0 Å². The van der Waals surface area contributed by atoms with Gasteiger partial charge < -0.3 is 9.64 Å². The van der Waals surface area contributed by atoms with Crippen molar-refractivity contribution in [3.63, 3.8) is 0 Å². The molecule has 2 saturated carbocycles. The first-order valence-electron chi connectivity index (χ1n) is 10.6. The summed E-state index contributed by atoms with van der Waals surface area (Å²) in [6.45, 7) is -0.0950. The number of terminal acetylenes is 2. The largest absolute Gasteiger partial charge is 0.355 e. The minimum absolute atomic E-state index is 0.0131. The van der Waals surface area contributed by atoms with Gasteiger partial charge in [-0.05, 0) is 37.5 Å². The molecule has 0 aromatic rings. The van der Waals surface area contributed by atoms with E-state index in [9.17, 15) is 14.4 Å². The van der Waals surface area contributed by atoms with Crippen LogP contribution in [0.25, 0.3) is 0 Å². The Labute approximate surface area is 174 Å². The van der Waals surface area contributed by atoms with E-state index in [1.54, 1.807) is 0 Å². The Balaban J connectivity index is 2.31. The van der Waals surface area contributed by atoms with Crippen LogP contribution in [0.2, 0.25) is 0 Å². The van der Waals surface area contributed by atoms with Gasteiger partial charge in [0.2, 0.25) is 12.3 Å². The third kappa shape index (κ3) is 5.61. The van der Waals surface area contributed by atoms with Crippen molar-refractivity contribution < 1.29 is 19.1 Å². The van der Waals surface area contributed by atoms with Crippen molar-refractivity contribution in [3.05, 3.63) is 0 Å². The van der Waals surface area contributed by atoms with E-state index in [0.717, 1.165) is 64.2 Å². The van der Waals surface area contributed by atoms with E-state index >= 15 is 0 Å². The minimum Gasteiger partial charge on any atom is -0.355 e. The van der Waals surface area contributed by atoms with Crippen molar-refractivity contribution in [1.29, 1.82) is 0 Å². The summed E-state index contributed by atoms with van der Waals surface area (Å²) in [7, 11) is 0. The second-order valence-corrected chi connectivity index (χ2v) is 8.00. The molecule has 0 saturated heterocycles. The summed E-state index contributed by atoms with van der Waals surface area (Å²) in [4.78, 5) is 38.5. The predicted molar refractivity (Wildman–Crippen MR) is 110 cm³/mol. The van der Waals surface area contributed by atoms with Gasteiger partial charge in [0.15, 0.2) is 5.60 Å². The molecule has 1 N–H and O–H groups in total. The fourth-order valence-electron chi connectivity index (χ4n) is 4.96. The molecular weight excluding hydrogens is 368 g/mol. The van der Waals surface area contributed by atoms with E-state index in [0.29, 0.717) is 6.41 Å². The first-order valence-corrected chi connectivity index (χ1v) is 10.6. The second kappa shape index (κ2) is 11.6. The number of imide groups is 1. The predicted octanol–water partition coefficient (Wildman–Crippen LogP) is 2.27. The molecule has 0 atom stereocenters. The van der Waals surface area contributed by atoms with Crippen LogP contribution >= 0.6 is 0 Å². The molecule has 6 heteroatoms. The van der Waals surface area contributed by atoms with Gasteiger partial charge in [0.05, 0.1) is 13.1 Å². The molecule has 2 rings (SSSR count). The molecule has 2 fully saturated rings. The third-order valence-electron chi connectivity index (χ3n) is 6.32. The Hall–Kier alpha value is -2.31. The van der Waals surface area contributed by atoms with Crippen molar-refractivity contribution in [2.45, 2.75) is 69.8 Å². The van der Waals surface area contributed by atoms with Crippen LogP contribution < -0.4 is 5.32 Å². The Bertz CT molecular complexity index is 615. The highest BCUT2D eigenvalue weighted by Gasteiger charge is 2.53. The normalized spacial score (nSPS) is 18.3. The molecule has 6 nitrogen and oxygen atoms in total. The van der Waals surface area contributed by atoms with E-state index in [4.69, 9.17) is 17.6 Å². The van der Waals surface area contributed by atoms with Gasteiger partial charge in [-0.25, -0.2) is 0 Å². The number of carbonyl (C=O) groups excluding carboxylic acids is 3. The van der Waals surface area contributed by atoms with Crippen LogP contribution in [-0.2, 0) is 19.1 Å². The van der Waals surface area contributed by atoms with Crippen LogP contribution in [0.1, 0.15) is 64.2 Å². The van der Waals surface area contributed by atoms with Crippen LogP contribution in [0.15, 0.2) is 0 Å². The molecule has 2 aliphatic carbocycles. The number of nitrogens with one attached hydrogen (secondary N) is 1. The number of nitrogens with zero attached hydrogens (tertiary/aromatic N) is 1. The van der Waals surface area contributed by atoms with E-state index < -0.39 is 11.5 Å². The molecule has 0 radical (unpaired) electrons. The quantitative estimate of drug-likeness (QED) is 0.476. The molecule has 0 heterocycles. The Morgan fingerprint density at radius 3 is 1.86 bits per heavy atom. The zero-order chi connectivity index (χ0) is 21.1. The van der Waals surface area contributed by atoms with Crippen molar-refractivity contribution in [2.75, 3.05) is 19.7 Å². The topological polar surface area (TPSA) is 75.7 Å². The van der Waals surface area contributed by atoms with Gasteiger partial charge in [-0.3, -0.25) is 19.7 Å². The average molecular weight is 401 g/mol. The van der Waals surface area contributed by atoms with Gasteiger partial charge in [0, 0.05) is 0 Å². The fraction of sp³-hybridized carbons (Fsp3) is 0.696. The van der Waals surface area contributed by atoms with Gasteiger partial charge in [-0.1, -0.05) is 50.4 Å². The number of amides is 3. The Kier molecular flexibility index (Phi) is 9.22. The molecular formula is C23H32N2O4. The molecule has 2 aliphatic rings. The van der Waals surface area contributed by atoms with Crippen LogP contribution in [0.5, 0.6) is 0 Å². The maximum absolute atomic E-state index is 13.2. The first-order chi connectivity index (χ1) is 14.1. The molecule has 0 aromatic heterocycles. The van der Waals surface area contributed by atoms with Gasteiger partial charge in [0.1, 0.15) is 6.61 Å². The van der Waals surface area contributed by atoms with E-state index in [1.807, 2.05) is 0 Å². The maximum atomic E-state index is 13.2. The lowest BCUT2D eigenvalue weighted by atomic mass is 9.65. The number of rotatable bonds is 9. The van der Waals surface area contributed by atoms with Gasteiger partial charge in [0.25, 0.3) is 5.91 Å². The number of carbonyl (C=O) groups is 3. The van der Waals surface area contributed by atoms with E-state index in [-0.39, 0.29) is 37.4 Å². The Morgan fingerprint density at radius 1 is 0.966 bits per heavy atom. The standard InChI is InChI=1S/C23H32N2O4/c1-3-15-25(16-4-2)21(27)17-29-23(22(28)24-18-26,19-11-7-5-8-12-19)20-13-9-6-10-14-20/h1-2,18-20H,5-17H2,(H,24,26,28). The smallest absolute Gasteiger partial charge is 0.259 e. The summed E-state index contributed by atoms with van der Waals surface area (Å²) >= 11 is 0. The molecule has 29 heavy (non-hydrogen) atoms. The highest BCUT2D eigenvalue weighted by molar-refractivity contribution is 5.93. The molecule has 0 unspecified atom stereocenters. The summed E-state index contributed by atoms with van der Waals surface area (Å²) in [5.41, 5.74) is -1.17. The Morgan fingerprint density at radius 2 is 1.45 bits per heavy atom. The number of hydrogen-bond donors (Lipinski definition) is 1. The fourth-order valence-corrected chi connectivity index (χ4v) is 4.96. The lowest BCUT2D eigenvalue weighted by Crippen LogP contribution is -2.60. The highest BCUT2D eigenvalue weighted by atomic mass is 16.5. The van der Waals surface area contributed by atoms with Gasteiger partial charge in [-0.15, -0.1) is 12.8 Å². The molecule has 3 amide bonds. The van der Waals surface area contributed by atoms with Crippen LogP contribution in [0.4, 0.5) is 0 Å². The van der Waals surface area contributed by atoms with E-state index in [2.05, 4.69) is 17.2 Å².